The molecule has 0 spiro atoms. The summed E-state index contributed by atoms with van der Waals surface area (Å²) in [6.07, 6.45) is 0. The molecule has 0 bridgehead atoms. The molecule has 2 N–H and O–H groups in total. The minimum absolute atomic E-state index is 0.0531. The van der Waals surface area contributed by atoms with E-state index in [2.05, 4.69) is 9.97 Å². The standard InChI is InChI=1S/C32H22N2O4/c35-29(23-17-9-3-10-18-23)25(21-13-5-1-6-14-21)27-31(37)34-28(32(38)33-27)26(22-15-7-2-8-16-22)30(36)24-19-11-4-12-20-24/h1-20H,(H,33,38)(H,34,37)/b27-25+,28-26+. The smallest absolute Gasteiger partial charge is 0.273 e. The fourth-order valence-electron chi connectivity index (χ4n) is 4.27. The average Bonchev–Trinajstić information content (AvgIpc) is 2.97. The molecule has 0 saturated carbocycles. The Kier molecular flexibility index (Phi) is 6.87. The Hall–Kier alpha value is -5.36. The molecule has 1 heterocycles. The van der Waals surface area contributed by atoms with Gasteiger partial charge in [-0.15, -0.1) is 0 Å². The lowest BCUT2D eigenvalue weighted by atomic mass is 9.95. The largest absolute Gasteiger partial charge is 0.315 e. The molecule has 0 aliphatic carbocycles. The van der Waals surface area contributed by atoms with Crippen LogP contribution >= 0.6 is 0 Å². The van der Waals surface area contributed by atoms with Gasteiger partial charge in [0, 0.05) is 11.1 Å². The molecule has 0 atom stereocenters. The number of aromatic amines is 2. The molecular weight excluding hydrogens is 476 g/mol. The molecule has 184 valence electrons. The van der Waals surface area contributed by atoms with Crippen LogP contribution in [0.3, 0.4) is 0 Å². The number of ketones is 2. The second-order valence-corrected chi connectivity index (χ2v) is 8.53. The van der Waals surface area contributed by atoms with Crippen LogP contribution in [0.2, 0.25) is 0 Å². The number of carbonyl (C=O) groups is 2. The molecule has 4 aromatic carbocycles. The van der Waals surface area contributed by atoms with E-state index in [1.807, 2.05) is 0 Å². The minimum atomic E-state index is -0.697. The van der Waals surface area contributed by atoms with Crippen LogP contribution in [0.5, 0.6) is 0 Å². The Morgan fingerprint density at radius 1 is 0.395 bits per heavy atom. The summed E-state index contributed by atoms with van der Waals surface area (Å²) in [5.74, 6) is -0.836. The lowest BCUT2D eigenvalue weighted by Crippen LogP contribution is -2.50. The fraction of sp³-hybridized carbons (Fsp3) is 0. The third-order valence-corrected chi connectivity index (χ3v) is 6.08. The van der Waals surface area contributed by atoms with Crippen molar-refractivity contribution in [2.75, 3.05) is 0 Å². The van der Waals surface area contributed by atoms with Gasteiger partial charge in [-0.3, -0.25) is 19.2 Å². The van der Waals surface area contributed by atoms with E-state index in [0.717, 1.165) is 0 Å². The van der Waals surface area contributed by atoms with Crippen LogP contribution in [0.4, 0.5) is 0 Å². The molecule has 38 heavy (non-hydrogen) atoms. The van der Waals surface area contributed by atoms with Crippen LogP contribution in [0.1, 0.15) is 31.8 Å². The van der Waals surface area contributed by atoms with Gasteiger partial charge in [-0.1, -0.05) is 121 Å². The lowest BCUT2D eigenvalue weighted by Gasteiger charge is -2.09. The Morgan fingerprint density at radius 2 is 0.658 bits per heavy atom. The zero-order valence-electron chi connectivity index (χ0n) is 20.2. The number of rotatable bonds is 6. The Morgan fingerprint density at radius 3 is 0.947 bits per heavy atom. The van der Waals surface area contributed by atoms with Crippen LogP contribution in [0, 0.1) is 0 Å². The zero-order chi connectivity index (χ0) is 26.5. The van der Waals surface area contributed by atoms with Gasteiger partial charge in [0.15, 0.2) is 11.6 Å². The van der Waals surface area contributed by atoms with Gasteiger partial charge in [0.1, 0.15) is 10.7 Å². The highest BCUT2D eigenvalue weighted by Gasteiger charge is 2.20. The summed E-state index contributed by atoms with van der Waals surface area (Å²) in [6.45, 7) is 0. The number of carbonyl (C=O) groups excluding carboxylic acids is 2. The second-order valence-electron chi connectivity index (χ2n) is 8.53. The van der Waals surface area contributed by atoms with E-state index in [1.54, 1.807) is 121 Å². The number of nitrogens with one attached hydrogen (secondary N) is 2. The van der Waals surface area contributed by atoms with E-state index in [0.29, 0.717) is 22.3 Å². The summed E-state index contributed by atoms with van der Waals surface area (Å²) in [5.41, 5.74) is 0.396. The first-order valence-corrected chi connectivity index (χ1v) is 12.0. The third-order valence-electron chi connectivity index (χ3n) is 6.08. The molecule has 1 aromatic heterocycles. The van der Waals surface area contributed by atoms with Crippen LogP contribution < -0.4 is 21.8 Å². The molecule has 5 aromatic rings. The maximum Gasteiger partial charge on any atom is 0.273 e. The van der Waals surface area contributed by atoms with Gasteiger partial charge in [-0.2, -0.15) is 0 Å². The average molecular weight is 499 g/mol. The molecule has 5 rings (SSSR count). The maximum absolute atomic E-state index is 13.6. The van der Waals surface area contributed by atoms with Crippen molar-refractivity contribution in [3.8, 4) is 0 Å². The Labute approximate surface area is 217 Å². The van der Waals surface area contributed by atoms with Crippen molar-refractivity contribution in [2.45, 2.75) is 0 Å². The lowest BCUT2D eigenvalue weighted by molar-refractivity contribution is 0.104. The summed E-state index contributed by atoms with van der Waals surface area (Å²) in [7, 11) is 0. The predicted molar refractivity (Wildman–Crippen MR) is 146 cm³/mol. The minimum Gasteiger partial charge on any atom is -0.315 e. The van der Waals surface area contributed by atoms with E-state index < -0.39 is 22.7 Å². The summed E-state index contributed by atoms with van der Waals surface area (Å²) in [6, 6.07) is 34.4. The first-order chi connectivity index (χ1) is 18.5. The second kappa shape index (κ2) is 10.7. The molecule has 0 radical (unpaired) electrons. The SMILES string of the molecule is O=C(/C(c1ccccc1)=c1/[nH]c(=O)/c(=C(\C(=O)c2ccccc2)c2ccccc2)[nH]c1=O)c1ccccc1. The summed E-state index contributed by atoms with van der Waals surface area (Å²) in [5, 5.41) is -0.364. The number of hydrogen-bond acceptors (Lipinski definition) is 4. The van der Waals surface area contributed by atoms with Crippen molar-refractivity contribution in [2.24, 2.45) is 0 Å². The molecular formula is C32H22N2O4. The quantitative estimate of drug-likeness (QED) is 0.351. The number of H-pyrrole nitrogens is 2. The highest BCUT2D eigenvalue weighted by Crippen LogP contribution is 2.18. The molecule has 6 heteroatoms. The van der Waals surface area contributed by atoms with Crippen molar-refractivity contribution in [1.82, 2.24) is 9.97 Å². The van der Waals surface area contributed by atoms with Crippen molar-refractivity contribution < 1.29 is 9.59 Å². The monoisotopic (exact) mass is 498 g/mol. The zero-order valence-corrected chi connectivity index (χ0v) is 20.2. The molecule has 0 aliphatic heterocycles. The third kappa shape index (κ3) is 4.83. The first kappa shape index (κ1) is 24.3. The summed E-state index contributed by atoms with van der Waals surface area (Å²) in [4.78, 5) is 59.4. The topological polar surface area (TPSA) is 99.9 Å². The van der Waals surface area contributed by atoms with E-state index >= 15 is 0 Å². The van der Waals surface area contributed by atoms with Crippen LogP contribution in [0.15, 0.2) is 131 Å². The van der Waals surface area contributed by atoms with Gasteiger partial charge in [0.05, 0.1) is 11.1 Å². The number of aromatic nitrogens is 2. The number of Topliss-reactive ketones (excluding diaryl/α,β-unsaturated/α-hetero) is 2. The Bertz CT molecular complexity index is 1720. The molecule has 0 saturated heterocycles. The summed E-state index contributed by atoms with van der Waals surface area (Å²) < 4.78 is 0. The highest BCUT2D eigenvalue weighted by molar-refractivity contribution is 6.29. The van der Waals surface area contributed by atoms with E-state index in [1.165, 1.54) is 0 Å². The highest BCUT2D eigenvalue weighted by atomic mass is 16.1. The Balaban J connectivity index is 1.85. The molecule has 0 fully saturated rings. The molecule has 6 nitrogen and oxygen atoms in total. The normalized spacial score (nSPS) is 12.4. The summed E-state index contributed by atoms with van der Waals surface area (Å²) >= 11 is 0. The van der Waals surface area contributed by atoms with Gasteiger partial charge < -0.3 is 9.97 Å². The van der Waals surface area contributed by atoms with Crippen molar-refractivity contribution in [1.29, 1.82) is 0 Å². The molecule has 0 aliphatic rings. The first-order valence-electron chi connectivity index (χ1n) is 12.0. The van der Waals surface area contributed by atoms with Gasteiger partial charge in [-0.25, -0.2) is 0 Å². The van der Waals surface area contributed by atoms with E-state index in [9.17, 15) is 19.2 Å². The van der Waals surface area contributed by atoms with Gasteiger partial charge in [0.25, 0.3) is 11.1 Å². The molecule has 0 unspecified atom stereocenters. The van der Waals surface area contributed by atoms with E-state index in [4.69, 9.17) is 0 Å². The maximum atomic E-state index is 13.6. The van der Waals surface area contributed by atoms with Gasteiger partial charge in [-0.05, 0) is 11.1 Å². The number of hydrogen-bond donors (Lipinski definition) is 2. The molecule has 0 amide bonds. The van der Waals surface area contributed by atoms with Crippen LogP contribution in [-0.2, 0) is 0 Å². The van der Waals surface area contributed by atoms with Gasteiger partial charge >= 0.3 is 0 Å². The predicted octanol–water partition coefficient (Wildman–Crippen LogP) is 3.23. The van der Waals surface area contributed by atoms with E-state index in [-0.39, 0.29) is 21.8 Å². The van der Waals surface area contributed by atoms with Crippen LogP contribution in [0.25, 0.3) is 11.1 Å². The van der Waals surface area contributed by atoms with Crippen molar-refractivity contribution in [3.05, 3.63) is 175 Å². The fourth-order valence-corrected chi connectivity index (χ4v) is 4.27. The van der Waals surface area contributed by atoms with Crippen molar-refractivity contribution in [3.63, 3.8) is 0 Å². The van der Waals surface area contributed by atoms with Crippen molar-refractivity contribution >= 4 is 22.7 Å². The van der Waals surface area contributed by atoms with Crippen LogP contribution in [-0.4, -0.2) is 21.5 Å². The number of benzene rings is 4. The van der Waals surface area contributed by atoms with Gasteiger partial charge in [0.2, 0.25) is 0 Å².